The first-order valence-electron chi connectivity index (χ1n) is 9.60. The first-order valence-corrected chi connectivity index (χ1v) is 12.5. The Morgan fingerprint density at radius 2 is 0.912 bits per heavy atom. The maximum absolute atomic E-state index is 13.0. The van der Waals surface area contributed by atoms with Crippen molar-refractivity contribution in [3.63, 3.8) is 0 Å². The summed E-state index contributed by atoms with van der Waals surface area (Å²) in [7, 11) is -3.62. The Hall–Kier alpha value is -3.52. The zero-order valence-corrected chi connectivity index (χ0v) is 20.3. The summed E-state index contributed by atoms with van der Waals surface area (Å²) in [5.41, 5.74) is 0. The molecule has 12 nitrogen and oxygen atoms in total. The van der Waals surface area contributed by atoms with E-state index < -0.39 is 45.0 Å². The van der Waals surface area contributed by atoms with Gasteiger partial charge in [-0.05, 0) is 24.3 Å². The highest BCUT2D eigenvalue weighted by atomic mass is 32.2. The second kappa shape index (κ2) is 9.38. The minimum Gasteiger partial charge on any atom is -0.493 e. The van der Waals surface area contributed by atoms with Crippen LogP contribution < -0.4 is 18.9 Å². The van der Waals surface area contributed by atoms with Crippen molar-refractivity contribution in [1.82, 2.24) is 8.61 Å². The molecule has 0 unspecified atom stereocenters. The number of amides is 2. The molecule has 1 heterocycles. The van der Waals surface area contributed by atoms with Crippen molar-refractivity contribution < 1.29 is 45.4 Å². The van der Waals surface area contributed by atoms with E-state index >= 15 is 0 Å². The largest absolute Gasteiger partial charge is 0.493 e. The summed E-state index contributed by atoms with van der Waals surface area (Å²) in [5, 5.41) is 0. The number of piperazine rings is 1. The molecule has 2 aromatic rings. The van der Waals surface area contributed by atoms with Gasteiger partial charge >= 0.3 is 11.8 Å². The summed E-state index contributed by atoms with van der Waals surface area (Å²) >= 11 is 0. The predicted octanol–water partition coefficient (Wildman–Crippen LogP) is 0.469. The average molecular weight is 515 g/mol. The Kier molecular flexibility index (Phi) is 6.93. The lowest BCUT2D eigenvalue weighted by molar-refractivity contribution is -0.148. The summed E-state index contributed by atoms with van der Waals surface area (Å²) in [6.07, 6.45) is 0. The van der Waals surface area contributed by atoms with Crippen LogP contribution >= 0.6 is 0 Å². The van der Waals surface area contributed by atoms with Gasteiger partial charge in [-0.1, -0.05) is 0 Å². The van der Waals surface area contributed by atoms with Crippen molar-refractivity contribution in [2.24, 2.45) is 0 Å². The topological polar surface area (TPSA) is 146 Å². The smallest absolute Gasteiger partial charge is 0.326 e. The molecule has 1 aliphatic heterocycles. The van der Waals surface area contributed by atoms with Crippen molar-refractivity contribution in [1.29, 1.82) is 0 Å². The first kappa shape index (κ1) is 25.1. The van der Waals surface area contributed by atoms with Gasteiger partial charge in [0, 0.05) is 12.1 Å². The van der Waals surface area contributed by atoms with E-state index in [0.29, 0.717) is 8.61 Å². The Balaban J connectivity index is 1.92. The van der Waals surface area contributed by atoms with Crippen LogP contribution in [-0.2, 0) is 29.6 Å². The summed E-state index contributed by atoms with van der Waals surface area (Å²) in [5.74, 6) is -2.31. The molecule has 0 aliphatic carbocycles. The monoisotopic (exact) mass is 514 g/mol. The van der Waals surface area contributed by atoms with E-state index in [2.05, 4.69) is 0 Å². The minimum absolute atomic E-state index is 0.0945. The molecular formula is C20H22N2O10S2. The number of nitrogens with zero attached hydrogens (tertiary/aromatic N) is 2. The lowest BCUT2D eigenvalue weighted by Gasteiger charge is -2.32. The lowest BCUT2D eigenvalue weighted by Crippen LogP contribution is -2.57. The van der Waals surface area contributed by atoms with Crippen molar-refractivity contribution in [3.8, 4) is 23.0 Å². The zero-order chi connectivity index (χ0) is 25.3. The van der Waals surface area contributed by atoms with E-state index in [4.69, 9.17) is 18.9 Å². The average Bonchev–Trinajstić information content (AvgIpc) is 2.84. The molecule has 0 aromatic heterocycles. The molecule has 34 heavy (non-hydrogen) atoms. The number of ether oxygens (including phenoxy) is 4. The van der Waals surface area contributed by atoms with Crippen LogP contribution in [0.15, 0.2) is 46.2 Å². The SMILES string of the molecule is COc1ccc(S(=O)(=O)N2CCN(S(=O)(=O)c3ccc(OC)c(OC)c3)C(=O)C2=O)cc1OC. The molecule has 0 N–H and O–H groups in total. The first-order chi connectivity index (χ1) is 16.0. The van der Waals surface area contributed by atoms with E-state index in [-0.39, 0.29) is 32.8 Å². The van der Waals surface area contributed by atoms with Crippen LogP contribution in [0.25, 0.3) is 0 Å². The Labute approximate surface area is 196 Å². The van der Waals surface area contributed by atoms with Crippen LogP contribution in [-0.4, -0.2) is 78.8 Å². The predicted molar refractivity (Wildman–Crippen MR) is 117 cm³/mol. The highest BCUT2D eigenvalue weighted by Crippen LogP contribution is 2.33. The number of hydrogen-bond acceptors (Lipinski definition) is 10. The summed E-state index contributed by atoms with van der Waals surface area (Å²) in [6, 6.07) is 7.30. The lowest BCUT2D eigenvalue weighted by atomic mass is 10.3. The van der Waals surface area contributed by atoms with Crippen LogP contribution in [0, 0.1) is 0 Å². The van der Waals surface area contributed by atoms with Crippen LogP contribution in [0.1, 0.15) is 0 Å². The Morgan fingerprint density at radius 3 is 1.21 bits per heavy atom. The van der Waals surface area contributed by atoms with Crippen molar-refractivity contribution in [2.45, 2.75) is 9.79 Å². The van der Waals surface area contributed by atoms with Crippen molar-refractivity contribution in [2.75, 3.05) is 41.5 Å². The van der Waals surface area contributed by atoms with Crippen LogP contribution in [0.2, 0.25) is 0 Å². The van der Waals surface area contributed by atoms with E-state index in [9.17, 15) is 26.4 Å². The molecule has 3 rings (SSSR count). The highest BCUT2D eigenvalue weighted by Gasteiger charge is 2.45. The maximum Gasteiger partial charge on any atom is 0.326 e. The van der Waals surface area contributed by atoms with Gasteiger partial charge in [-0.15, -0.1) is 0 Å². The van der Waals surface area contributed by atoms with E-state index in [0.717, 1.165) is 12.1 Å². The molecule has 0 radical (unpaired) electrons. The van der Waals surface area contributed by atoms with Crippen molar-refractivity contribution in [3.05, 3.63) is 36.4 Å². The minimum atomic E-state index is -4.49. The van der Waals surface area contributed by atoms with Crippen LogP contribution in [0.5, 0.6) is 23.0 Å². The number of carbonyl (C=O) groups is 2. The summed E-state index contributed by atoms with van der Waals surface area (Å²) < 4.78 is 73.2. The van der Waals surface area contributed by atoms with Gasteiger partial charge in [0.25, 0.3) is 20.0 Å². The van der Waals surface area contributed by atoms with Gasteiger partial charge in [0.15, 0.2) is 23.0 Å². The Bertz CT molecular complexity index is 1240. The molecule has 1 saturated heterocycles. The van der Waals surface area contributed by atoms with Gasteiger partial charge in [-0.3, -0.25) is 9.59 Å². The van der Waals surface area contributed by atoms with Gasteiger partial charge in [-0.25, -0.2) is 25.4 Å². The molecular weight excluding hydrogens is 492 g/mol. The van der Waals surface area contributed by atoms with Gasteiger partial charge in [0.2, 0.25) is 0 Å². The molecule has 2 amide bonds. The molecule has 1 fully saturated rings. The Morgan fingerprint density at radius 1 is 0.588 bits per heavy atom. The van der Waals surface area contributed by atoms with Crippen molar-refractivity contribution >= 4 is 31.9 Å². The third kappa shape index (κ3) is 4.21. The molecule has 0 atom stereocenters. The molecule has 0 bridgehead atoms. The molecule has 14 heteroatoms. The van der Waals surface area contributed by atoms with E-state index in [1.807, 2.05) is 0 Å². The fourth-order valence-corrected chi connectivity index (χ4v) is 6.00. The standard InChI is InChI=1S/C20H22N2O10S2/c1-29-15-7-5-13(11-17(15)31-3)33(25,26)21-9-10-22(20(24)19(21)23)34(27,28)14-6-8-16(30-2)18(12-14)32-4/h5-8,11-12H,9-10H2,1-4H3. The van der Waals surface area contributed by atoms with Crippen LogP contribution in [0.4, 0.5) is 0 Å². The molecule has 2 aromatic carbocycles. The number of benzene rings is 2. The molecule has 0 saturated carbocycles. The van der Waals surface area contributed by atoms with Crippen LogP contribution in [0.3, 0.4) is 0 Å². The zero-order valence-electron chi connectivity index (χ0n) is 18.7. The third-order valence-electron chi connectivity index (χ3n) is 5.03. The quantitative estimate of drug-likeness (QED) is 0.456. The molecule has 0 spiro atoms. The number of hydrogen-bond donors (Lipinski definition) is 0. The highest BCUT2D eigenvalue weighted by molar-refractivity contribution is 7.90. The van der Waals surface area contributed by atoms with Gasteiger partial charge < -0.3 is 18.9 Å². The maximum atomic E-state index is 13.0. The second-order valence-electron chi connectivity index (χ2n) is 6.80. The third-order valence-corrected chi connectivity index (χ3v) is 8.58. The number of sulfonamides is 2. The fraction of sp³-hybridized carbons (Fsp3) is 0.300. The summed E-state index contributed by atoms with van der Waals surface area (Å²) in [4.78, 5) is 24.8. The van der Waals surface area contributed by atoms with E-state index in [1.165, 1.54) is 52.7 Å². The summed E-state index contributed by atoms with van der Waals surface area (Å²) in [6.45, 7) is -1.15. The second-order valence-corrected chi connectivity index (χ2v) is 10.5. The molecule has 1 aliphatic rings. The number of rotatable bonds is 8. The fourth-order valence-electron chi connectivity index (χ4n) is 3.27. The van der Waals surface area contributed by atoms with Gasteiger partial charge in [0.1, 0.15) is 0 Å². The normalized spacial score (nSPS) is 14.7. The van der Waals surface area contributed by atoms with Gasteiger partial charge in [-0.2, -0.15) is 0 Å². The number of methoxy groups -OCH3 is 4. The molecule has 184 valence electrons. The number of carbonyl (C=O) groups excluding carboxylic acids is 2. The van der Waals surface area contributed by atoms with E-state index in [1.54, 1.807) is 0 Å². The van der Waals surface area contributed by atoms with Gasteiger partial charge in [0.05, 0.1) is 51.3 Å².